The predicted molar refractivity (Wildman–Crippen MR) is 80.0 cm³/mol. The molecule has 0 radical (unpaired) electrons. The summed E-state index contributed by atoms with van der Waals surface area (Å²) in [4.78, 5) is 2.29. The zero-order chi connectivity index (χ0) is 12.5. The van der Waals surface area contributed by atoms with Gasteiger partial charge in [0.1, 0.15) is 0 Å². The minimum Gasteiger partial charge on any atom is -0.313 e. The predicted octanol–water partition coefficient (Wildman–Crippen LogP) is 2.98. The van der Waals surface area contributed by atoms with E-state index in [2.05, 4.69) is 43.0 Å². The van der Waals surface area contributed by atoms with Gasteiger partial charge in [0, 0.05) is 23.6 Å². The van der Waals surface area contributed by atoms with E-state index in [9.17, 15) is 0 Å². The first-order chi connectivity index (χ1) is 8.24. The van der Waals surface area contributed by atoms with E-state index in [4.69, 9.17) is 0 Å². The molecule has 2 nitrogen and oxygen atoms in total. The minimum atomic E-state index is 0.768. The van der Waals surface area contributed by atoms with Crippen LogP contribution in [-0.4, -0.2) is 49.1 Å². The van der Waals surface area contributed by atoms with Crippen LogP contribution in [0.1, 0.15) is 45.4 Å². The summed E-state index contributed by atoms with van der Waals surface area (Å²) in [5.74, 6) is 1.28. The van der Waals surface area contributed by atoms with Crippen LogP contribution in [0.2, 0.25) is 0 Å². The zero-order valence-electron chi connectivity index (χ0n) is 11.9. The van der Waals surface area contributed by atoms with Crippen LogP contribution in [0.5, 0.6) is 0 Å². The summed E-state index contributed by atoms with van der Waals surface area (Å²) in [5, 5.41) is 4.62. The number of nitrogens with zero attached hydrogens (tertiary/aromatic N) is 1. The number of hydrogen-bond donors (Lipinski definition) is 1. The SMILES string of the molecule is CCCNC1CCCCCC1SCCN(C)C. The lowest BCUT2D eigenvalue weighted by Gasteiger charge is -2.26. The van der Waals surface area contributed by atoms with Crippen LogP contribution in [0.3, 0.4) is 0 Å². The maximum Gasteiger partial charge on any atom is 0.0201 e. The van der Waals surface area contributed by atoms with Crippen LogP contribution < -0.4 is 5.32 Å². The number of nitrogens with one attached hydrogen (secondary N) is 1. The van der Waals surface area contributed by atoms with Crippen molar-refractivity contribution in [2.45, 2.75) is 56.7 Å². The van der Waals surface area contributed by atoms with Crippen molar-refractivity contribution in [3.63, 3.8) is 0 Å². The summed E-state index contributed by atoms with van der Waals surface area (Å²) in [6.45, 7) is 4.66. The largest absolute Gasteiger partial charge is 0.313 e. The van der Waals surface area contributed by atoms with Gasteiger partial charge in [0.05, 0.1) is 0 Å². The summed E-state index contributed by atoms with van der Waals surface area (Å²) in [7, 11) is 4.33. The number of hydrogen-bond acceptors (Lipinski definition) is 3. The molecule has 1 aliphatic carbocycles. The van der Waals surface area contributed by atoms with E-state index in [0.717, 1.165) is 11.3 Å². The van der Waals surface area contributed by atoms with Crippen molar-refractivity contribution in [1.82, 2.24) is 10.2 Å². The molecule has 0 saturated heterocycles. The van der Waals surface area contributed by atoms with Gasteiger partial charge in [0.15, 0.2) is 0 Å². The highest BCUT2D eigenvalue weighted by Crippen LogP contribution is 2.27. The normalized spacial score (nSPS) is 26.1. The fourth-order valence-corrected chi connectivity index (χ4v) is 3.99. The maximum atomic E-state index is 3.77. The zero-order valence-corrected chi connectivity index (χ0v) is 12.7. The van der Waals surface area contributed by atoms with E-state index >= 15 is 0 Å². The Labute approximate surface area is 112 Å². The van der Waals surface area contributed by atoms with Crippen molar-refractivity contribution in [3.05, 3.63) is 0 Å². The first-order valence-electron chi connectivity index (χ1n) is 7.23. The average Bonchev–Trinajstić information content (AvgIpc) is 2.51. The molecule has 17 heavy (non-hydrogen) atoms. The Hall–Kier alpha value is 0.270. The summed E-state index contributed by atoms with van der Waals surface area (Å²) in [6, 6.07) is 0.768. The van der Waals surface area contributed by atoms with Gasteiger partial charge in [-0.05, 0) is 39.9 Å². The second-order valence-electron chi connectivity index (χ2n) is 5.41. The average molecular weight is 258 g/mol. The molecule has 2 atom stereocenters. The Bertz CT molecular complexity index is 185. The van der Waals surface area contributed by atoms with E-state index in [1.165, 1.54) is 57.4 Å². The van der Waals surface area contributed by atoms with Crippen molar-refractivity contribution < 1.29 is 0 Å². The van der Waals surface area contributed by atoms with Gasteiger partial charge in [-0.3, -0.25) is 0 Å². The van der Waals surface area contributed by atoms with Gasteiger partial charge in [0.2, 0.25) is 0 Å². The summed E-state index contributed by atoms with van der Waals surface area (Å²) >= 11 is 2.19. The molecule has 0 aromatic carbocycles. The Balaban J connectivity index is 2.32. The maximum absolute atomic E-state index is 3.77. The highest BCUT2D eigenvalue weighted by molar-refractivity contribution is 8.00. The fourth-order valence-electron chi connectivity index (χ4n) is 2.42. The van der Waals surface area contributed by atoms with Crippen LogP contribution in [0.15, 0.2) is 0 Å². The first-order valence-corrected chi connectivity index (χ1v) is 8.28. The van der Waals surface area contributed by atoms with Crippen LogP contribution >= 0.6 is 11.8 Å². The molecule has 0 bridgehead atoms. The molecule has 0 spiro atoms. The molecule has 1 aliphatic rings. The fraction of sp³-hybridized carbons (Fsp3) is 1.00. The van der Waals surface area contributed by atoms with Crippen LogP contribution in [0, 0.1) is 0 Å². The van der Waals surface area contributed by atoms with Gasteiger partial charge < -0.3 is 10.2 Å². The highest BCUT2D eigenvalue weighted by atomic mass is 32.2. The van der Waals surface area contributed by atoms with Gasteiger partial charge in [-0.15, -0.1) is 0 Å². The van der Waals surface area contributed by atoms with Crippen LogP contribution in [-0.2, 0) is 0 Å². The van der Waals surface area contributed by atoms with E-state index < -0.39 is 0 Å². The monoisotopic (exact) mass is 258 g/mol. The molecule has 1 N–H and O–H groups in total. The summed E-state index contributed by atoms with van der Waals surface area (Å²) in [5.41, 5.74) is 0. The molecule has 0 amide bonds. The summed E-state index contributed by atoms with van der Waals surface area (Å²) in [6.07, 6.45) is 8.36. The van der Waals surface area contributed by atoms with Crippen molar-refractivity contribution in [2.75, 3.05) is 32.9 Å². The molecule has 0 aromatic rings. The summed E-state index contributed by atoms with van der Waals surface area (Å²) < 4.78 is 0. The lowest BCUT2D eigenvalue weighted by Crippen LogP contribution is -2.38. The minimum absolute atomic E-state index is 0.768. The van der Waals surface area contributed by atoms with Gasteiger partial charge >= 0.3 is 0 Å². The van der Waals surface area contributed by atoms with E-state index in [-0.39, 0.29) is 0 Å². The van der Waals surface area contributed by atoms with Gasteiger partial charge in [0.25, 0.3) is 0 Å². The molecule has 1 rings (SSSR count). The molecule has 1 fully saturated rings. The molecule has 102 valence electrons. The molecule has 0 aromatic heterocycles. The molecule has 1 saturated carbocycles. The smallest absolute Gasteiger partial charge is 0.0201 e. The van der Waals surface area contributed by atoms with Crippen LogP contribution in [0.4, 0.5) is 0 Å². The highest BCUT2D eigenvalue weighted by Gasteiger charge is 2.23. The molecular weight excluding hydrogens is 228 g/mol. The Morgan fingerprint density at radius 3 is 2.65 bits per heavy atom. The topological polar surface area (TPSA) is 15.3 Å². The van der Waals surface area contributed by atoms with E-state index in [1.807, 2.05) is 0 Å². The quantitative estimate of drug-likeness (QED) is 0.707. The van der Waals surface area contributed by atoms with E-state index in [1.54, 1.807) is 0 Å². The standard InChI is InChI=1S/C14H30N2S/c1-4-10-15-13-8-6-5-7-9-14(13)17-12-11-16(2)3/h13-15H,4-12H2,1-3H3. The third kappa shape index (κ3) is 6.68. The lowest BCUT2D eigenvalue weighted by atomic mass is 10.1. The third-order valence-electron chi connectivity index (χ3n) is 3.48. The van der Waals surface area contributed by atoms with E-state index in [0.29, 0.717) is 0 Å². The third-order valence-corrected chi connectivity index (χ3v) is 4.89. The number of rotatable bonds is 7. The van der Waals surface area contributed by atoms with Crippen LogP contribution in [0.25, 0.3) is 0 Å². The second kappa shape index (κ2) is 9.23. The Kier molecular flexibility index (Phi) is 8.33. The van der Waals surface area contributed by atoms with Crippen molar-refractivity contribution in [1.29, 1.82) is 0 Å². The number of thioether (sulfide) groups is 1. The molecule has 0 heterocycles. The molecule has 2 unspecified atom stereocenters. The molecule has 3 heteroatoms. The Morgan fingerprint density at radius 2 is 1.94 bits per heavy atom. The van der Waals surface area contributed by atoms with Crippen molar-refractivity contribution >= 4 is 11.8 Å². The lowest BCUT2D eigenvalue weighted by molar-refractivity contribution is 0.435. The second-order valence-corrected chi connectivity index (χ2v) is 6.76. The first kappa shape index (κ1) is 15.3. The van der Waals surface area contributed by atoms with Gasteiger partial charge in [-0.2, -0.15) is 11.8 Å². The van der Waals surface area contributed by atoms with Crippen molar-refractivity contribution in [2.24, 2.45) is 0 Å². The van der Waals surface area contributed by atoms with Crippen molar-refractivity contribution in [3.8, 4) is 0 Å². The van der Waals surface area contributed by atoms with Gasteiger partial charge in [-0.25, -0.2) is 0 Å². The van der Waals surface area contributed by atoms with Gasteiger partial charge in [-0.1, -0.05) is 26.2 Å². The molecule has 0 aliphatic heterocycles. The Morgan fingerprint density at radius 1 is 1.18 bits per heavy atom. The molecular formula is C14H30N2S.